The second-order valence-corrected chi connectivity index (χ2v) is 8.48. The van der Waals surface area contributed by atoms with Crippen molar-refractivity contribution in [3.63, 3.8) is 0 Å². The molecule has 1 heterocycles. The van der Waals surface area contributed by atoms with Gasteiger partial charge in [-0.1, -0.05) is 12.1 Å². The van der Waals surface area contributed by atoms with Crippen LogP contribution in [0.25, 0.3) is 5.69 Å². The molecule has 3 rings (SSSR count). The summed E-state index contributed by atoms with van der Waals surface area (Å²) in [4.78, 5) is 12.0. The number of likely N-dealkylation sites (N-methyl/N-ethyl adjacent to an activating group) is 1. The van der Waals surface area contributed by atoms with Crippen molar-refractivity contribution in [3.8, 4) is 5.69 Å². The number of nitrogens with one attached hydrogen (secondary N) is 1. The zero-order valence-electron chi connectivity index (χ0n) is 15.8. The molecule has 0 saturated heterocycles. The van der Waals surface area contributed by atoms with Gasteiger partial charge in [-0.2, -0.15) is 9.40 Å². The Hall–Kier alpha value is -3.04. The van der Waals surface area contributed by atoms with Gasteiger partial charge in [-0.05, 0) is 54.4 Å². The van der Waals surface area contributed by atoms with E-state index < -0.39 is 21.7 Å². The van der Waals surface area contributed by atoms with Gasteiger partial charge in [0, 0.05) is 26.0 Å². The maximum Gasteiger partial charge on any atom is 0.243 e. The van der Waals surface area contributed by atoms with E-state index in [0.29, 0.717) is 13.0 Å². The Bertz CT molecular complexity index is 1050. The van der Waals surface area contributed by atoms with Crippen molar-refractivity contribution >= 4 is 15.9 Å². The van der Waals surface area contributed by atoms with Crippen LogP contribution in [0.15, 0.2) is 71.9 Å². The minimum atomic E-state index is -3.86. The number of carbonyl (C=O) groups is 1. The highest BCUT2D eigenvalue weighted by atomic mass is 32.2. The second-order valence-electron chi connectivity index (χ2n) is 6.43. The summed E-state index contributed by atoms with van der Waals surface area (Å²) < 4.78 is 40.5. The van der Waals surface area contributed by atoms with Crippen LogP contribution in [0.2, 0.25) is 0 Å². The molecule has 0 atom stereocenters. The lowest BCUT2D eigenvalue weighted by Crippen LogP contribution is -2.39. The van der Waals surface area contributed by atoms with Crippen molar-refractivity contribution < 1.29 is 17.6 Å². The Balaban J connectivity index is 1.48. The minimum absolute atomic E-state index is 0.0635. The Labute approximate surface area is 168 Å². The van der Waals surface area contributed by atoms with Crippen LogP contribution >= 0.6 is 0 Å². The molecule has 1 aromatic heterocycles. The average molecular weight is 416 g/mol. The van der Waals surface area contributed by atoms with E-state index in [-0.39, 0.29) is 11.4 Å². The molecule has 0 unspecified atom stereocenters. The number of nitrogens with zero attached hydrogens (tertiary/aromatic N) is 3. The predicted octanol–water partition coefficient (Wildman–Crippen LogP) is 1.99. The normalized spacial score (nSPS) is 11.6. The SMILES string of the molecule is CN(CC(=O)NCCc1ccc(-n2cccn2)cc1)S(=O)(=O)c1ccc(F)cc1. The van der Waals surface area contributed by atoms with Gasteiger partial charge in [-0.25, -0.2) is 17.5 Å². The van der Waals surface area contributed by atoms with E-state index in [2.05, 4.69) is 10.4 Å². The van der Waals surface area contributed by atoms with Gasteiger partial charge in [0.15, 0.2) is 0 Å². The van der Waals surface area contributed by atoms with Crippen LogP contribution in [-0.4, -0.2) is 48.5 Å². The third-order valence-corrected chi connectivity index (χ3v) is 6.15. The molecular formula is C20H21FN4O3S. The van der Waals surface area contributed by atoms with Crippen molar-refractivity contribution in [2.24, 2.45) is 0 Å². The highest BCUT2D eigenvalue weighted by molar-refractivity contribution is 7.89. The number of hydrogen-bond acceptors (Lipinski definition) is 4. The van der Waals surface area contributed by atoms with Crippen LogP contribution in [-0.2, 0) is 21.2 Å². The molecule has 0 aliphatic rings. The third-order valence-electron chi connectivity index (χ3n) is 4.33. The first kappa shape index (κ1) is 20.7. The lowest BCUT2D eigenvalue weighted by atomic mass is 10.1. The number of rotatable bonds is 8. The fourth-order valence-electron chi connectivity index (χ4n) is 2.71. The predicted molar refractivity (Wildman–Crippen MR) is 106 cm³/mol. The summed E-state index contributed by atoms with van der Waals surface area (Å²) in [5.74, 6) is -0.937. The molecule has 0 spiro atoms. The molecule has 0 radical (unpaired) electrons. The van der Waals surface area contributed by atoms with Crippen LogP contribution in [0.3, 0.4) is 0 Å². The number of benzene rings is 2. The molecule has 0 aliphatic heterocycles. The van der Waals surface area contributed by atoms with Crippen LogP contribution < -0.4 is 5.32 Å². The van der Waals surface area contributed by atoms with Gasteiger partial charge in [0.25, 0.3) is 0 Å². The zero-order chi connectivity index (χ0) is 20.9. The van der Waals surface area contributed by atoms with Crippen molar-refractivity contribution in [2.45, 2.75) is 11.3 Å². The summed E-state index contributed by atoms with van der Waals surface area (Å²) in [6, 6.07) is 14.1. The van der Waals surface area contributed by atoms with Crippen molar-refractivity contribution in [1.82, 2.24) is 19.4 Å². The van der Waals surface area contributed by atoms with Gasteiger partial charge in [0.05, 0.1) is 17.1 Å². The summed E-state index contributed by atoms with van der Waals surface area (Å²) in [7, 11) is -2.54. The molecule has 29 heavy (non-hydrogen) atoms. The standard InChI is InChI=1S/C20H21FN4O3S/c1-24(29(27,28)19-9-5-17(21)6-10-19)15-20(26)22-13-11-16-3-7-18(8-4-16)25-14-2-12-23-25/h2-10,12,14H,11,13,15H2,1H3,(H,22,26). The smallest absolute Gasteiger partial charge is 0.243 e. The lowest BCUT2D eigenvalue weighted by Gasteiger charge is -2.17. The Morgan fingerprint density at radius 3 is 2.45 bits per heavy atom. The summed E-state index contributed by atoms with van der Waals surface area (Å²) in [6.45, 7) is 0.0579. The lowest BCUT2D eigenvalue weighted by molar-refractivity contribution is -0.121. The number of amides is 1. The molecule has 0 saturated carbocycles. The summed E-state index contributed by atoms with van der Waals surface area (Å²) in [5.41, 5.74) is 1.98. The van der Waals surface area contributed by atoms with Gasteiger partial charge >= 0.3 is 0 Å². The maximum atomic E-state index is 13.0. The van der Waals surface area contributed by atoms with Crippen molar-refractivity contribution in [2.75, 3.05) is 20.1 Å². The van der Waals surface area contributed by atoms with Gasteiger partial charge in [0.1, 0.15) is 5.82 Å². The van der Waals surface area contributed by atoms with Crippen LogP contribution in [0, 0.1) is 5.82 Å². The van der Waals surface area contributed by atoms with Gasteiger partial charge in [0.2, 0.25) is 15.9 Å². The number of aromatic nitrogens is 2. The highest BCUT2D eigenvalue weighted by Gasteiger charge is 2.22. The molecule has 152 valence electrons. The molecular weight excluding hydrogens is 395 g/mol. The van der Waals surface area contributed by atoms with E-state index in [1.54, 1.807) is 10.9 Å². The third kappa shape index (κ3) is 5.27. The molecule has 3 aromatic rings. The molecule has 0 fully saturated rings. The van der Waals surface area contributed by atoms with Crippen molar-refractivity contribution in [3.05, 3.63) is 78.4 Å². The van der Waals surface area contributed by atoms with E-state index in [9.17, 15) is 17.6 Å². The topological polar surface area (TPSA) is 84.3 Å². The molecule has 7 nitrogen and oxygen atoms in total. The molecule has 0 aliphatic carbocycles. The molecule has 9 heteroatoms. The quantitative estimate of drug-likeness (QED) is 0.609. The number of hydrogen-bond donors (Lipinski definition) is 1. The summed E-state index contributed by atoms with van der Waals surface area (Å²) in [6.07, 6.45) is 4.17. The average Bonchev–Trinajstić information content (AvgIpc) is 3.23. The Morgan fingerprint density at radius 2 is 1.83 bits per heavy atom. The fourth-order valence-corrected chi connectivity index (χ4v) is 3.84. The number of carbonyl (C=O) groups excluding carboxylic acids is 1. The van der Waals surface area contributed by atoms with E-state index >= 15 is 0 Å². The van der Waals surface area contributed by atoms with Gasteiger partial charge < -0.3 is 5.32 Å². The van der Waals surface area contributed by atoms with Crippen molar-refractivity contribution in [1.29, 1.82) is 0 Å². The molecule has 2 aromatic carbocycles. The molecule has 0 bridgehead atoms. The largest absolute Gasteiger partial charge is 0.355 e. The van der Waals surface area contributed by atoms with E-state index in [4.69, 9.17) is 0 Å². The first-order valence-electron chi connectivity index (χ1n) is 8.94. The molecule has 1 amide bonds. The second kappa shape index (κ2) is 8.97. The summed E-state index contributed by atoms with van der Waals surface area (Å²) in [5, 5.41) is 6.88. The Morgan fingerprint density at radius 1 is 1.14 bits per heavy atom. The maximum absolute atomic E-state index is 13.0. The van der Waals surface area contributed by atoms with Gasteiger partial charge in [-0.15, -0.1) is 0 Å². The van der Waals surface area contributed by atoms with E-state index in [0.717, 1.165) is 27.7 Å². The van der Waals surface area contributed by atoms with Crippen LogP contribution in [0.1, 0.15) is 5.56 Å². The Kier molecular flexibility index (Phi) is 6.40. The number of halogens is 1. The van der Waals surface area contributed by atoms with Crippen LogP contribution in [0.5, 0.6) is 0 Å². The van der Waals surface area contributed by atoms with E-state index in [1.165, 1.54) is 19.2 Å². The first-order valence-corrected chi connectivity index (χ1v) is 10.4. The van der Waals surface area contributed by atoms with E-state index in [1.807, 2.05) is 36.5 Å². The summed E-state index contributed by atoms with van der Waals surface area (Å²) >= 11 is 0. The number of sulfonamides is 1. The monoisotopic (exact) mass is 416 g/mol. The molecule has 1 N–H and O–H groups in total. The first-order chi connectivity index (χ1) is 13.9. The van der Waals surface area contributed by atoms with Gasteiger partial charge in [-0.3, -0.25) is 4.79 Å². The van der Waals surface area contributed by atoms with Crippen LogP contribution in [0.4, 0.5) is 4.39 Å². The minimum Gasteiger partial charge on any atom is -0.355 e. The zero-order valence-corrected chi connectivity index (χ0v) is 16.6. The highest BCUT2D eigenvalue weighted by Crippen LogP contribution is 2.14. The fraction of sp³-hybridized carbons (Fsp3) is 0.200.